The van der Waals surface area contributed by atoms with Gasteiger partial charge < -0.3 is 14.5 Å². The molecule has 0 aliphatic rings. The van der Waals surface area contributed by atoms with Crippen LogP contribution in [0.4, 0.5) is 0 Å². The Morgan fingerprint density at radius 1 is 1.24 bits per heavy atom. The third-order valence-electron chi connectivity index (χ3n) is 3.85. The van der Waals surface area contributed by atoms with Gasteiger partial charge >= 0.3 is 0 Å². The molecule has 0 spiro atoms. The monoisotopic (exact) mass is 289 g/mol. The van der Waals surface area contributed by atoms with Crippen LogP contribution in [0.1, 0.15) is 56.9 Å². The number of aryl methyl sites for hydroxylation is 1. The molecule has 3 nitrogen and oxygen atoms in total. The molecule has 0 amide bonds. The maximum Gasteiger partial charge on any atom is 0.176 e. The molecule has 2 aromatic rings. The van der Waals surface area contributed by atoms with Crippen LogP contribution in [0.15, 0.2) is 16.5 Å². The Morgan fingerprint density at radius 2 is 2.00 bits per heavy atom. The van der Waals surface area contributed by atoms with Gasteiger partial charge in [-0.1, -0.05) is 27.7 Å². The SMILES string of the molecule is CCCNCc1oc2c(OC)cc(CC)cc2c1C(C)C. The highest BCUT2D eigenvalue weighted by Gasteiger charge is 2.20. The second-order valence-corrected chi connectivity index (χ2v) is 5.80. The topological polar surface area (TPSA) is 34.4 Å². The van der Waals surface area contributed by atoms with Crippen LogP contribution in [0.5, 0.6) is 5.75 Å². The van der Waals surface area contributed by atoms with Gasteiger partial charge in [-0.2, -0.15) is 0 Å². The number of rotatable bonds is 7. The van der Waals surface area contributed by atoms with Crippen LogP contribution in [0.25, 0.3) is 11.0 Å². The minimum atomic E-state index is 0.432. The first-order chi connectivity index (χ1) is 10.1. The van der Waals surface area contributed by atoms with Crippen LogP contribution in [-0.2, 0) is 13.0 Å². The van der Waals surface area contributed by atoms with Crippen molar-refractivity contribution in [3.8, 4) is 5.75 Å². The number of hydrogen-bond acceptors (Lipinski definition) is 3. The van der Waals surface area contributed by atoms with Crippen molar-refractivity contribution < 1.29 is 9.15 Å². The molecule has 0 radical (unpaired) electrons. The molecule has 2 rings (SSSR count). The van der Waals surface area contributed by atoms with Gasteiger partial charge in [0, 0.05) is 10.9 Å². The van der Waals surface area contributed by atoms with Crippen LogP contribution in [-0.4, -0.2) is 13.7 Å². The summed E-state index contributed by atoms with van der Waals surface area (Å²) in [6.45, 7) is 10.6. The molecule has 116 valence electrons. The third-order valence-corrected chi connectivity index (χ3v) is 3.85. The zero-order valence-corrected chi connectivity index (χ0v) is 13.9. The molecule has 1 heterocycles. The van der Waals surface area contributed by atoms with Crippen LogP contribution in [0.2, 0.25) is 0 Å². The van der Waals surface area contributed by atoms with Gasteiger partial charge in [0.1, 0.15) is 5.76 Å². The highest BCUT2D eigenvalue weighted by molar-refractivity contribution is 5.88. The fourth-order valence-electron chi connectivity index (χ4n) is 2.79. The Kier molecular flexibility index (Phi) is 5.29. The summed E-state index contributed by atoms with van der Waals surface area (Å²) >= 11 is 0. The van der Waals surface area contributed by atoms with E-state index < -0.39 is 0 Å². The molecular formula is C18H27NO2. The fourth-order valence-corrected chi connectivity index (χ4v) is 2.79. The van der Waals surface area contributed by atoms with Crippen molar-refractivity contribution in [1.82, 2.24) is 5.32 Å². The van der Waals surface area contributed by atoms with Gasteiger partial charge in [-0.25, -0.2) is 0 Å². The molecule has 0 bridgehead atoms. The van der Waals surface area contributed by atoms with E-state index in [0.717, 1.165) is 43.0 Å². The van der Waals surface area contributed by atoms with Crippen LogP contribution in [0, 0.1) is 0 Å². The quantitative estimate of drug-likeness (QED) is 0.755. The molecule has 0 saturated carbocycles. The Balaban J connectivity index is 2.55. The summed E-state index contributed by atoms with van der Waals surface area (Å²) in [6.07, 6.45) is 2.12. The number of fused-ring (bicyclic) bond motifs is 1. The van der Waals surface area contributed by atoms with E-state index >= 15 is 0 Å². The summed E-state index contributed by atoms with van der Waals surface area (Å²) in [7, 11) is 1.71. The third kappa shape index (κ3) is 3.24. The highest BCUT2D eigenvalue weighted by Crippen LogP contribution is 2.37. The van der Waals surface area contributed by atoms with Crippen molar-refractivity contribution in [2.75, 3.05) is 13.7 Å². The van der Waals surface area contributed by atoms with E-state index in [0.29, 0.717) is 5.92 Å². The largest absolute Gasteiger partial charge is 0.493 e. The number of hydrogen-bond donors (Lipinski definition) is 1. The Hall–Kier alpha value is -1.48. The standard InChI is InChI=1S/C18H27NO2/c1-6-8-19-11-16-17(12(3)4)14-9-13(7-2)10-15(20-5)18(14)21-16/h9-10,12,19H,6-8,11H2,1-5H3. The number of benzene rings is 1. The van der Waals surface area contributed by atoms with Crippen molar-refractivity contribution >= 4 is 11.0 Å². The van der Waals surface area contributed by atoms with Crippen molar-refractivity contribution in [3.63, 3.8) is 0 Å². The summed E-state index contributed by atoms with van der Waals surface area (Å²) in [5.74, 6) is 2.31. The number of furan rings is 1. The second kappa shape index (κ2) is 6.99. The minimum absolute atomic E-state index is 0.432. The normalized spacial score (nSPS) is 11.5. The lowest BCUT2D eigenvalue weighted by molar-refractivity contribution is 0.405. The van der Waals surface area contributed by atoms with E-state index in [1.807, 2.05) is 0 Å². The maximum atomic E-state index is 6.14. The lowest BCUT2D eigenvalue weighted by Gasteiger charge is -2.08. The van der Waals surface area contributed by atoms with Crippen molar-refractivity contribution in [1.29, 1.82) is 0 Å². The van der Waals surface area contributed by atoms with E-state index in [9.17, 15) is 0 Å². The van der Waals surface area contributed by atoms with E-state index in [1.54, 1.807) is 7.11 Å². The van der Waals surface area contributed by atoms with E-state index in [-0.39, 0.29) is 0 Å². The van der Waals surface area contributed by atoms with Crippen LogP contribution < -0.4 is 10.1 Å². The molecule has 0 saturated heterocycles. The molecule has 3 heteroatoms. The van der Waals surface area contributed by atoms with Crippen LogP contribution >= 0.6 is 0 Å². The molecule has 0 aliphatic heterocycles. The summed E-state index contributed by atoms with van der Waals surface area (Å²) in [4.78, 5) is 0. The first-order valence-corrected chi connectivity index (χ1v) is 7.95. The Morgan fingerprint density at radius 3 is 2.57 bits per heavy atom. The second-order valence-electron chi connectivity index (χ2n) is 5.80. The van der Waals surface area contributed by atoms with Gasteiger partial charge in [-0.05, 0) is 43.0 Å². The predicted molar refractivity (Wildman–Crippen MR) is 88.2 cm³/mol. The van der Waals surface area contributed by atoms with Crippen LogP contribution in [0.3, 0.4) is 0 Å². The summed E-state index contributed by atoms with van der Waals surface area (Å²) in [5, 5.41) is 4.64. The zero-order valence-electron chi connectivity index (χ0n) is 13.9. The first kappa shape index (κ1) is 15.9. The van der Waals surface area contributed by atoms with Gasteiger partial charge in [0.15, 0.2) is 11.3 Å². The predicted octanol–water partition coefficient (Wildman–Crippen LogP) is 4.63. The summed E-state index contributed by atoms with van der Waals surface area (Å²) in [5.41, 5.74) is 3.48. The molecule has 0 unspecified atom stereocenters. The van der Waals surface area contributed by atoms with Gasteiger partial charge in [0.25, 0.3) is 0 Å². The summed E-state index contributed by atoms with van der Waals surface area (Å²) < 4.78 is 11.7. The van der Waals surface area contributed by atoms with Gasteiger partial charge in [-0.15, -0.1) is 0 Å². The average Bonchev–Trinajstić information content (AvgIpc) is 2.84. The zero-order chi connectivity index (χ0) is 15.4. The smallest absolute Gasteiger partial charge is 0.176 e. The molecule has 0 aliphatic carbocycles. The van der Waals surface area contributed by atoms with E-state index in [2.05, 4.69) is 45.1 Å². The van der Waals surface area contributed by atoms with Crippen molar-refractivity contribution in [2.45, 2.75) is 53.0 Å². The van der Waals surface area contributed by atoms with Crippen molar-refractivity contribution in [2.24, 2.45) is 0 Å². The molecule has 1 aromatic heterocycles. The molecule has 0 atom stereocenters. The van der Waals surface area contributed by atoms with Crippen molar-refractivity contribution in [3.05, 3.63) is 29.0 Å². The minimum Gasteiger partial charge on any atom is -0.493 e. The first-order valence-electron chi connectivity index (χ1n) is 7.95. The number of methoxy groups -OCH3 is 1. The Labute approximate surface area is 127 Å². The number of nitrogens with one attached hydrogen (secondary N) is 1. The Bertz CT molecular complexity index is 599. The average molecular weight is 289 g/mol. The molecule has 21 heavy (non-hydrogen) atoms. The molecule has 1 N–H and O–H groups in total. The lowest BCUT2D eigenvalue weighted by atomic mass is 9.97. The summed E-state index contributed by atoms with van der Waals surface area (Å²) in [6, 6.07) is 4.33. The van der Waals surface area contributed by atoms with Gasteiger partial charge in [0.05, 0.1) is 13.7 Å². The van der Waals surface area contributed by atoms with E-state index in [1.165, 1.54) is 16.5 Å². The van der Waals surface area contributed by atoms with Gasteiger partial charge in [0.2, 0.25) is 0 Å². The molecule has 1 aromatic carbocycles. The van der Waals surface area contributed by atoms with E-state index in [4.69, 9.17) is 9.15 Å². The molecular weight excluding hydrogens is 262 g/mol. The molecule has 0 fully saturated rings. The lowest BCUT2D eigenvalue weighted by Crippen LogP contribution is -2.14. The maximum absolute atomic E-state index is 6.14. The number of ether oxygens (including phenoxy) is 1. The fraction of sp³-hybridized carbons (Fsp3) is 0.556. The van der Waals surface area contributed by atoms with Gasteiger partial charge in [-0.3, -0.25) is 0 Å². The highest BCUT2D eigenvalue weighted by atomic mass is 16.5.